The van der Waals surface area contributed by atoms with Crippen molar-refractivity contribution in [3.63, 3.8) is 0 Å². The van der Waals surface area contributed by atoms with Gasteiger partial charge in [-0.15, -0.1) is 0 Å². The number of hydrogen-bond acceptors (Lipinski definition) is 9. The quantitative estimate of drug-likeness (QED) is 0.228. The summed E-state index contributed by atoms with van der Waals surface area (Å²) < 4.78 is 123. The lowest BCUT2D eigenvalue weighted by molar-refractivity contribution is -0.241. The van der Waals surface area contributed by atoms with E-state index in [1.807, 2.05) is 0 Å². The Kier molecular flexibility index (Phi) is 7.21. The molecule has 5 aromatic rings. The predicted octanol–water partition coefficient (Wildman–Crippen LogP) is 4.60. The number of hydrogen-bond donors (Lipinski definition) is 0. The molecule has 0 spiro atoms. The Morgan fingerprint density at radius 3 is 2.33 bits per heavy atom. The predicted molar refractivity (Wildman–Crippen MR) is 141 cm³/mol. The van der Waals surface area contributed by atoms with Gasteiger partial charge in [-0.05, 0) is 48.5 Å². The Labute approximate surface area is 243 Å². The summed E-state index contributed by atoms with van der Waals surface area (Å²) in [5, 5.41) is -1.78. The van der Waals surface area contributed by atoms with Gasteiger partial charge in [0, 0.05) is 5.02 Å². The average molecular weight is 664 g/mol. The smallest absolute Gasteiger partial charge is 0.435 e. The van der Waals surface area contributed by atoms with E-state index < -0.39 is 69.4 Å². The number of pyridine rings is 1. The number of alkyl halides is 5. The van der Waals surface area contributed by atoms with Crippen molar-refractivity contribution in [2.75, 3.05) is 5.75 Å². The highest BCUT2D eigenvalue weighted by atomic mass is 35.5. The van der Waals surface area contributed by atoms with E-state index >= 15 is 0 Å². The first kappa shape index (κ1) is 30.3. The van der Waals surface area contributed by atoms with Crippen LogP contribution in [0.1, 0.15) is 6.92 Å². The van der Waals surface area contributed by atoms with Crippen LogP contribution in [0.2, 0.25) is 5.02 Å². The monoisotopic (exact) mass is 663 g/mol. The normalized spacial score (nSPS) is 13.1. The third-order valence-corrected chi connectivity index (χ3v) is 9.85. The second-order valence-corrected chi connectivity index (χ2v) is 13.4. The number of fused-ring (bicyclic) bond motifs is 1. The molecule has 3 aromatic heterocycles. The molecule has 0 atom stereocenters. The number of oxazole rings is 1. The standard InChI is InChI=1S/C24H15ClF5N5O6S2/c1-2-42(37,38)18-8-9-19(35-22(36)34(12-31-35)14-5-3-4-13(25)10-14)33-20(18)21-32-16-11-15(6-7-17(16)41-21)43(39,40)24(29,30)23(26,27)28/h3-12H,2H2,1H3. The Bertz CT molecular complexity index is 2180. The van der Waals surface area contributed by atoms with Crippen LogP contribution in [-0.2, 0) is 19.7 Å². The second kappa shape index (κ2) is 10.2. The molecule has 0 saturated heterocycles. The van der Waals surface area contributed by atoms with Gasteiger partial charge in [-0.1, -0.05) is 24.6 Å². The topological polar surface area (TPSA) is 147 Å². The van der Waals surface area contributed by atoms with Crippen molar-refractivity contribution < 1.29 is 43.2 Å². The van der Waals surface area contributed by atoms with E-state index in [2.05, 4.69) is 15.1 Å². The average Bonchev–Trinajstić information content (AvgIpc) is 3.55. The Morgan fingerprint density at radius 2 is 1.67 bits per heavy atom. The lowest BCUT2D eigenvalue weighted by Gasteiger charge is -2.19. The van der Waals surface area contributed by atoms with Crippen LogP contribution in [-0.4, -0.2) is 58.3 Å². The van der Waals surface area contributed by atoms with Gasteiger partial charge in [0.1, 0.15) is 17.5 Å². The largest absolute Gasteiger partial charge is 0.469 e. The van der Waals surface area contributed by atoms with Crippen molar-refractivity contribution in [1.82, 2.24) is 24.3 Å². The number of nitrogens with zero attached hydrogens (tertiary/aromatic N) is 5. The molecule has 0 amide bonds. The second-order valence-electron chi connectivity index (χ2n) is 8.76. The van der Waals surface area contributed by atoms with Crippen LogP contribution in [0.15, 0.2) is 79.9 Å². The molecule has 226 valence electrons. The van der Waals surface area contributed by atoms with E-state index in [1.54, 1.807) is 18.2 Å². The Hall–Kier alpha value is -4.16. The first-order valence-electron chi connectivity index (χ1n) is 11.7. The van der Waals surface area contributed by atoms with Crippen LogP contribution >= 0.6 is 11.6 Å². The highest BCUT2D eigenvalue weighted by Gasteiger charge is 2.67. The highest BCUT2D eigenvalue weighted by Crippen LogP contribution is 2.43. The van der Waals surface area contributed by atoms with Gasteiger partial charge in [-0.3, -0.25) is 0 Å². The maximum atomic E-state index is 13.8. The highest BCUT2D eigenvalue weighted by molar-refractivity contribution is 7.92. The fourth-order valence-corrected chi connectivity index (χ4v) is 6.17. The minimum absolute atomic E-state index is 0.203. The van der Waals surface area contributed by atoms with Crippen LogP contribution in [0, 0.1) is 0 Å². The summed E-state index contributed by atoms with van der Waals surface area (Å²) in [4.78, 5) is 19.4. The molecule has 0 aliphatic heterocycles. The molecule has 0 saturated carbocycles. The summed E-state index contributed by atoms with van der Waals surface area (Å²) in [6.07, 6.45) is -5.24. The summed E-state index contributed by atoms with van der Waals surface area (Å²) >= 11 is 5.99. The van der Waals surface area contributed by atoms with Gasteiger partial charge in [0.05, 0.1) is 21.2 Å². The first-order chi connectivity index (χ1) is 20.0. The summed E-state index contributed by atoms with van der Waals surface area (Å²) in [6, 6.07) is 10.2. The molecule has 0 bridgehead atoms. The van der Waals surface area contributed by atoms with E-state index in [-0.39, 0.29) is 11.4 Å². The van der Waals surface area contributed by atoms with Gasteiger partial charge < -0.3 is 4.42 Å². The van der Waals surface area contributed by atoms with Crippen molar-refractivity contribution >= 4 is 42.4 Å². The Balaban J connectivity index is 1.66. The van der Waals surface area contributed by atoms with Gasteiger partial charge in [0.15, 0.2) is 21.2 Å². The number of aromatic nitrogens is 5. The molecule has 0 unspecified atom stereocenters. The van der Waals surface area contributed by atoms with Crippen molar-refractivity contribution in [3.8, 4) is 23.1 Å². The van der Waals surface area contributed by atoms with E-state index in [1.165, 1.54) is 19.1 Å². The van der Waals surface area contributed by atoms with Crippen LogP contribution in [0.3, 0.4) is 0 Å². The molecule has 11 nitrogen and oxygen atoms in total. The SMILES string of the molecule is CCS(=O)(=O)c1ccc(-n2ncn(-c3cccc(Cl)c3)c2=O)nc1-c1nc2cc(S(=O)(=O)C(F)(F)C(F)(F)F)ccc2o1. The third-order valence-electron chi connectivity index (χ3n) is 6.07. The van der Waals surface area contributed by atoms with E-state index in [9.17, 15) is 43.6 Å². The minimum atomic E-state index is -6.40. The van der Waals surface area contributed by atoms with Crippen LogP contribution in [0.5, 0.6) is 0 Å². The van der Waals surface area contributed by atoms with Gasteiger partial charge >= 0.3 is 17.1 Å². The van der Waals surface area contributed by atoms with Crippen molar-refractivity contribution in [2.45, 2.75) is 28.1 Å². The zero-order chi connectivity index (χ0) is 31.5. The zero-order valence-electron chi connectivity index (χ0n) is 21.3. The number of halogens is 6. The summed E-state index contributed by atoms with van der Waals surface area (Å²) in [7, 11) is -10.3. The number of benzene rings is 2. The van der Waals surface area contributed by atoms with Crippen molar-refractivity contribution in [1.29, 1.82) is 0 Å². The molecule has 2 aromatic carbocycles. The molecule has 0 aliphatic carbocycles. The Morgan fingerprint density at radius 1 is 0.953 bits per heavy atom. The molecular weight excluding hydrogens is 649 g/mol. The fraction of sp³-hybridized carbons (Fsp3) is 0.167. The van der Waals surface area contributed by atoms with Gasteiger partial charge in [-0.25, -0.2) is 36.2 Å². The minimum Gasteiger partial charge on any atom is -0.435 e. The number of sulfone groups is 2. The fourth-order valence-electron chi connectivity index (χ4n) is 3.85. The van der Waals surface area contributed by atoms with Crippen LogP contribution in [0.4, 0.5) is 22.0 Å². The van der Waals surface area contributed by atoms with E-state index in [0.29, 0.717) is 22.8 Å². The van der Waals surface area contributed by atoms with Crippen molar-refractivity contribution in [2.24, 2.45) is 0 Å². The number of rotatable bonds is 7. The molecular formula is C24H15ClF5N5O6S2. The van der Waals surface area contributed by atoms with Crippen LogP contribution < -0.4 is 5.69 Å². The molecule has 0 radical (unpaired) electrons. The van der Waals surface area contributed by atoms with Crippen LogP contribution in [0.25, 0.3) is 34.2 Å². The molecule has 0 N–H and O–H groups in total. The zero-order valence-corrected chi connectivity index (χ0v) is 23.6. The molecule has 0 fully saturated rings. The molecule has 5 rings (SSSR count). The molecule has 3 heterocycles. The van der Waals surface area contributed by atoms with E-state index in [4.69, 9.17) is 16.0 Å². The summed E-state index contributed by atoms with van der Waals surface area (Å²) in [5.41, 5.74) is -1.63. The third kappa shape index (κ3) is 5.08. The summed E-state index contributed by atoms with van der Waals surface area (Å²) in [6.45, 7) is 1.33. The molecule has 19 heteroatoms. The van der Waals surface area contributed by atoms with Crippen molar-refractivity contribution in [3.05, 3.63) is 76.4 Å². The molecule has 0 aliphatic rings. The summed E-state index contributed by atoms with van der Waals surface area (Å²) in [5.74, 6) is -1.19. The molecule has 43 heavy (non-hydrogen) atoms. The van der Waals surface area contributed by atoms with Gasteiger partial charge in [0.2, 0.25) is 5.89 Å². The van der Waals surface area contributed by atoms with Gasteiger partial charge in [0.25, 0.3) is 9.84 Å². The lowest BCUT2D eigenvalue weighted by atomic mass is 10.3. The lowest BCUT2D eigenvalue weighted by Crippen LogP contribution is -2.43. The van der Waals surface area contributed by atoms with Gasteiger partial charge in [-0.2, -0.15) is 31.7 Å². The maximum absolute atomic E-state index is 13.8. The van der Waals surface area contributed by atoms with E-state index in [0.717, 1.165) is 27.7 Å². The maximum Gasteiger partial charge on any atom is 0.469 e. The first-order valence-corrected chi connectivity index (χ1v) is 15.3.